The van der Waals surface area contributed by atoms with E-state index >= 15 is 0 Å². The molecule has 3 aromatic carbocycles. The number of carbonyl (C=O) groups is 2. The van der Waals surface area contributed by atoms with Gasteiger partial charge in [-0.15, -0.1) is 0 Å². The Bertz CT molecular complexity index is 1840. The molecule has 8 nitrogen and oxygen atoms in total. The fourth-order valence-corrected chi connectivity index (χ4v) is 6.56. The summed E-state index contributed by atoms with van der Waals surface area (Å²) in [6.07, 6.45) is 4.81. The fourth-order valence-electron chi connectivity index (χ4n) is 5.21. The van der Waals surface area contributed by atoms with Gasteiger partial charge in [0.2, 0.25) is 0 Å². The lowest BCUT2D eigenvalue weighted by molar-refractivity contribution is -0.119. The number of nitrogens with one attached hydrogen (secondary N) is 2. The van der Waals surface area contributed by atoms with Crippen LogP contribution in [0.3, 0.4) is 0 Å². The number of aromatic nitrogens is 1. The van der Waals surface area contributed by atoms with E-state index in [9.17, 15) is 23.3 Å². The Morgan fingerprint density at radius 3 is 2.26 bits per heavy atom. The monoisotopic (exact) mass is 654 g/mol. The second kappa shape index (κ2) is 12.7. The second-order valence-corrected chi connectivity index (χ2v) is 12.7. The van der Waals surface area contributed by atoms with Gasteiger partial charge in [-0.05, 0) is 87.9 Å². The number of benzene rings is 3. The van der Waals surface area contributed by atoms with E-state index in [2.05, 4.69) is 31.0 Å². The summed E-state index contributed by atoms with van der Waals surface area (Å²) in [7, 11) is -4.01. The predicted octanol–water partition coefficient (Wildman–Crippen LogP) is 6.12. The van der Waals surface area contributed by atoms with Crippen molar-refractivity contribution in [2.24, 2.45) is 0 Å². The Kier molecular flexibility index (Phi) is 8.85. The molecule has 0 aliphatic heterocycles. The van der Waals surface area contributed by atoms with Crippen molar-refractivity contribution in [3.05, 3.63) is 124 Å². The smallest absolute Gasteiger partial charge is 0.265 e. The summed E-state index contributed by atoms with van der Waals surface area (Å²) in [4.78, 5) is 30.4. The van der Waals surface area contributed by atoms with Crippen molar-refractivity contribution in [2.45, 2.75) is 36.1 Å². The highest BCUT2D eigenvalue weighted by Crippen LogP contribution is 2.39. The van der Waals surface area contributed by atoms with Gasteiger partial charge in [-0.3, -0.25) is 9.59 Å². The molecule has 2 N–H and O–H groups in total. The first-order chi connectivity index (χ1) is 20.7. The molecular formula is C33H27BrN4O4S. The van der Waals surface area contributed by atoms with E-state index < -0.39 is 27.4 Å². The number of nitrogens with zero attached hydrogens (tertiary/aromatic N) is 2. The Morgan fingerprint density at radius 1 is 0.884 bits per heavy atom. The summed E-state index contributed by atoms with van der Waals surface area (Å²) in [6, 6.07) is 29.4. The Balaban J connectivity index is 1.35. The van der Waals surface area contributed by atoms with Crippen LogP contribution in [0.2, 0.25) is 0 Å². The number of pyridine rings is 1. The third-order valence-electron chi connectivity index (χ3n) is 7.38. The topological polar surface area (TPSA) is 129 Å². The maximum Gasteiger partial charge on any atom is 0.265 e. The van der Waals surface area contributed by atoms with E-state index in [4.69, 9.17) is 0 Å². The zero-order valence-electron chi connectivity index (χ0n) is 23.0. The summed E-state index contributed by atoms with van der Waals surface area (Å²) in [5.41, 5.74) is 2.53. The molecule has 0 bridgehead atoms. The van der Waals surface area contributed by atoms with E-state index in [1.165, 1.54) is 18.2 Å². The van der Waals surface area contributed by atoms with Gasteiger partial charge in [0, 0.05) is 5.56 Å². The predicted molar refractivity (Wildman–Crippen MR) is 167 cm³/mol. The molecular weight excluding hydrogens is 628 g/mol. The number of sulfonamides is 1. The van der Waals surface area contributed by atoms with Crippen LogP contribution in [0, 0.1) is 11.3 Å². The van der Waals surface area contributed by atoms with Crippen molar-refractivity contribution < 1.29 is 18.0 Å². The summed E-state index contributed by atoms with van der Waals surface area (Å²) in [5.74, 6) is -1.19. The average molecular weight is 656 g/mol. The number of hydrogen-bond donors (Lipinski definition) is 2. The molecule has 0 spiro atoms. The lowest BCUT2D eigenvalue weighted by Crippen LogP contribution is -2.44. The minimum atomic E-state index is -4.01. The largest absolute Gasteiger partial charge is 0.342 e. The Labute approximate surface area is 258 Å². The first-order valence-electron chi connectivity index (χ1n) is 13.6. The van der Waals surface area contributed by atoms with Crippen LogP contribution in [0.15, 0.2) is 112 Å². The summed E-state index contributed by atoms with van der Waals surface area (Å²) < 4.78 is 28.0. The van der Waals surface area contributed by atoms with E-state index in [1.807, 2.05) is 36.4 Å². The number of halogens is 1. The zero-order valence-corrected chi connectivity index (χ0v) is 25.4. The van der Waals surface area contributed by atoms with E-state index in [0.717, 1.165) is 42.4 Å². The highest BCUT2D eigenvalue weighted by molar-refractivity contribution is 9.10. The summed E-state index contributed by atoms with van der Waals surface area (Å²) in [5, 5.41) is 12.9. The maximum atomic E-state index is 13.3. The highest BCUT2D eigenvalue weighted by atomic mass is 79.9. The quantitative estimate of drug-likeness (QED) is 0.134. The van der Waals surface area contributed by atoms with Crippen LogP contribution >= 0.6 is 15.9 Å². The van der Waals surface area contributed by atoms with Gasteiger partial charge in [0.05, 0.1) is 16.1 Å². The molecule has 216 valence electrons. The van der Waals surface area contributed by atoms with E-state index in [0.29, 0.717) is 10.3 Å². The van der Waals surface area contributed by atoms with Crippen molar-refractivity contribution in [1.29, 1.82) is 5.26 Å². The normalized spacial score (nSPS) is 14.5. The van der Waals surface area contributed by atoms with Crippen LogP contribution in [-0.2, 0) is 20.4 Å². The minimum Gasteiger partial charge on any atom is -0.342 e. The molecule has 2 amide bonds. The Morgan fingerprint density at radius 2 is 1.58 bits per heavy atom. The lowest BCUT2D eigenvalue weighted by atomic mass is 9.86. The van der Waals surface area contributed by atoms with E-state index in [1.54, 1.807) is 54.6 Å². The maximum absolute atomic E-state index is 13.3. The average Bonchev–Trinajstić information content (AvgIpc) is 3.49. The molecule has 0 atom stereocenters. The van der Waals surface area contributed by atoms with Gasteiger partial charge in [-0.2, -0.15) is 5.26 Å². The van der Waals surface area contributed by atoms with Crippen LogP contribution in [0.4, 0.5) is 0 Å². The van der Waals surface area contributed by atoms with Crippen molar-refractivity contribution in [3.8, 4) is 17.2 Å². The molecule has 1 aliphatic rings. The molecule has 1 fully saturated rings. The first kappa shape index (κ1) is 29.9. The Hall–Kier alpha value is -4.59. The van der Waals surface area contributed by atoms with E-state index in [-0.39, 0.29) is 16.0 Å². The van der Waals surface area contributed by atoms with Gasteiger partial charge < -0.3 is 5.32 Å². The minimum absolute atomic E-state index is 0.00483. The van der Waals surface area contributed by atoms with Crippen LogP contribution in [0.25, 0.3) is 17.2 Å². The van der Waals surface area contributed by atoms with Gasteiger partial charge in [-0.25, -0.2) is 18.1 Å². The van der Waals surface area contributed by atoms with Crippen LogP contribution in [0.1, 0.15) is 47.3 Å². The van der Waals surface area contributed by atoms with Crippen molar-refractivity contribution in [1.82, 2.24) is 15.0 Å². The lowest BCUT2D eigenvalue weighted by Gasteiger charge is -2.31. The zero-order chi connectivity index (χ0) is 30.5. The van der Waals surface area contributed by atoms with Crippen LogP contribution < -0.4 is 10.0 Å². The molecule has 1 aromatic heterocycles. The third-order valence-corrected chi connectivity index (χ3v) is 9.17. The molecule has 1 heterocycles. The number of hydrogen-bond acceptors (Lipinski definition) is 6. The van der Waals surface area contributed by atoms with Gasteiger partial charge in [0.1, 0.15) is 16.2 Å². The molecule has 4 aromatic rings. The number of nitriles is 1. The number of rotatable bonds is 8. The van der Waals surface area contributed by atoms with Crippen molar-refractivity contribution in [2.75, 3.05) is 0 Å². The number of carbonyl (C=O) groups excluding carboxylic acids is 2. The van der Waals surface area contributed by atoms with Gasteiger partial charge in [0.25, 0.3) is 21.8 Å². The van der Waals surface area contributed by atoms with Crippen molar-refractivity contribution in [3.63, 3.8) is 0 Å². The standard InChI is InChI=1S/C33H27BrN4O4S/c34-30-13-7-10-28(36-30)21-26(22-35)31(39)37-33(18-4-5-19-33)27-16-14-23(15-17-27)24-8-6-9-25(20-24)32(40)38-43(41,42)29-11-2-1-3-12-29/h1-3,6-17,20-21H,4-5,18-19H2,(H,37,39)(H,38,40). The summed E-state index contributed by atoms with van der Waals surface area (Å²) in [6.45, 7) is 0. The van der Waals surface area contributed by atoms with Crippen LogP contribution in [-0.4, -0.2) is 25.2 Å². The van der Waals surface area contributed by atoms with Gasteiger partial charge in [-0.1, -0.05) is 73.5 Å². The summed E-state index contributed by atoms with van der Waals surface area (Å²) >= 11 is 3.31. The highest BCUT2D eigenvalue weighted by Gasteiger charge is 2.37. The SMILES string of the molecule is N#CC(=Cc1cccc(Br)n1)C(=O)NC1(c2ccc(-c3cccc(C(=O)NS(=O)(=O)c4ccccc4)c3)cc2)CCCC1. The molecule has 1 saturated carbocycles. The number of amides is 2. The van der Waals surface area contributed by atoms with Gasteiger partial charge >= 0.3 is 0 Å². The molecule has 0 radical (unpaired) electrons. The molecule has 5 rings (SSSR count). The first-order valence-corrected chi connectivity index (χ1v) is 15.9. The molecule has 1 aliphatic carbocycles. The molecule has 0 unspecified atom stereocenters. The molecule has 43 heavy (non-hydrogen) atoms. The van der Waals surface area contributed by atoms with Gasteiger partial charge in [0.15, 0.2) is 0 Å². The fraction of sp³-hybridized carbons (Fsp3) is 0.152. The molecule has 0 saturated heterocycles. The van der Waals surface area contributed by atoms with Crippen LogP contribution in [0.5, 0.6) is 0 Å². The third kappa shape index (κ3) is 6.91. The van der Waals surface area contributed by atoms with Crippen molar-refractivity contribution >= 4 is 43.8 Å². The molecule has 10 heteroatoms. The second-order valence-electron chi connectivity index (χ2n) is 10.2.